The van der Waals surface area contributed by atoms with Crippen molar-refractivity contribution in [3.05, 3.63) is 54.2 Å². The van der Waals surface area contributed by atoms with Gasteiger partial charge in [-0.05, 0) is 24.5 Å². The van der Waals surface area contributed by atoms with Gasteiger partial charge in [-0.3, -0.25) is 24.2 Å². The molecule has 12 N–H and O–H groups in total. The van der Waals surface area contributed by atoms with Gasteiger partial charge in [-0.2, -0.15) is 0 Å². The summed E-state index contributed by atoms with van der Waals surface area (Å²) in [7, 11) is 0. The molecular formula is C25H34N10O5. The molecular weight excluding hydrogens is 520 g/mol. The first kappa shape index (κ1) is 29.6. The molecule has 0 saturated carbocycles. The summed E-state index contributed by atoms with van der Waals surface area (Å²) in [5, 5.41) is 17.4. The second-order valence-corrected chi connectivity index (χ2v) is 9.13. The monoisotopic (exact) mass is 554 g/mol. The first-order chi connectivity index (χ1) is 19.1. The lowest BCUT2D eigenvalue weighted by Gasteiger charge is -2.24. The van der Waals surface area contributed by atoms with Crippen LogP contribution in [0.1, 0.15) is 24.1 Å². The Labute approximate surface area is 229 Å². The van der Waals surface area contributed by atoms with Gasteiger partial charge in [0.05, 0.1) is 12.4 Å². The van der Waals surface area contributed by atoms with Crippen molar-refractivity contribution in [3.63, 3.8) is 0 Å². The van der Waals surface area contributed by atoms with E-state index in [1.807, 2.05) is 24.3 Å². The third-order valence-corrected chi connectivity index (χ3v) is 6.06. The zero-order chi connectivity index (χ0) is 29.1. The molecule has 3 atom stereocenters. The summed E-state index contributed by atoms with van der Waals surface area (Å²) in [5.74, 6) is -3.23. The molecule has 214 valence electrons. The molecule has 3 amide bonds. The summed E-state index contributed by atoms with van der Waals surface area (Å²) in [6, 6.07) is 4.29. The van der Waals surface area contributed by atoms with Crippen molar-refractivity contribution >= 4 is 40.6 Å². The summed E-state index contributed by atoms with van der Waals surface area (Å²) >= 11 is 0. The van der Waals surface area contributed by atoms with E-state index in [9.17, 15) is 19.2 Å². The second kappa shape index (κ2) is 14.3. The average Bonchev–Trinajstić information content (AvgIpc) is 3.58. The quantitative estimate of drug-likeness (QED) is 0.0584. The number of carbonyl (C=O) groups excluding carboxylic acids is 3. The van der Waals surface area contributed by atoms with Crippen LogP contribution < -0.4 is 33.2 Å². The zero-order valence-electron chi connectivity index (χ0n) is 21.7. The third-order valence-electron chi connectivity index (χ3n) is 6.06. The number of rotatable bonds is 15. The highest BCUT2D eigenvalue weighted by Crippen LogP contribution is 2.19. The number of nitrogens with one attached hydrogen (secondary N) is 5. The lowest BCUT2D eigenvalue weighted by molar-refractivity contribution is -0.138. The Bertz CT molecular complexity index is 1330. The molecule has 0 bridgehead atoms. The van der Waals surface area contributed by atoms with Crippen LogP contribution in [0.4, 0.5) is 0 Å². The Morgan fingerprint density at radius 3 is 2.42 bits per heavy atom. The molecule has 15 nitrogen and oxygen atoms in total. The highest BCUT2D eigenvalue weighted by Gasteiger charge is 2.29. The number of aliphatic imine (C=N–C) groups is 1. The van der Waals surface area contributed by atoms with Gasteiger partial charge in [0.25, 0.3) is 0 Å². The number of carboxylic acids is 1. The van der Waals surface area contributed by atoms with Gasteiger partial charge < -0.3 is 48.2 Å². The Morgan fingerprint density at radius 1 is 1.00 bits per heavy atom. The predicted molar refractivity (Wildman–Crippen MR) is 147 cm³/mol. The maximum atomic E-state index is 13.5. The lowest BCUT2D eigenvalue weighted by Crippen LogP contribution is -2.57. The van der Waals surface area contributed by atoms with E-state index in [0.29, 0.717) is 18.7 Å². The number of imidazole rings is 1. The minimum Gasteiger partial charge on any atom is -0.480 e. The van der Waals surface area contributed by atoms with Gasteiger partial charge >= 0.3 is 5.97 Å². The minimum atomic E-state index is -1.24. The number of aromatic amines is 2. The molecule has 2 aromatic heterocycles. The van der Waals surface area contributed by atoms with E-state index in [0.717, 1.165) is 16.5 Å². The minimum absolute atomic E-state index is 0.00918. The number of aliphatic carboxylic acids is 1. The van der Waals surface area contributed by atoms with Crippen molar-refractivity contribution in [2.24, 2.45) is 22.2 Å². The smallest absolute Gasteiger partial charge is 0.322 e. The van der Waals surface area contributed by atoms with Gasteiger partial charge in [-0.1, -0.05) is 18.2 Å². The van der Waals surface area contributed by atoms with Crippen LogP contribution in [0.25, 0.3) is 10.9 Å². The van der Waals surface area contributed by atoms with Crippen LogP contribution in [0.2, 0.25) is 0 Å². The molecule has 0 aliphatic carbocycles. The van der Waals surface area contributed by atoms with Crippen LogP contribution in [0, 0.1) is 0 Å². The van der Waals surface area contributed by atoms with E-state index in [1.54, 1.807) is 6.20 Å². The Hall–Kier alpha value is -4.92. The molecule has 0 aliphatic rings. The van der Waals surface area contributed by atoms with Crippen molar-refractivity contribution < 1.29 is 24.3 Å². The zero-order valence-corrected chi connectivity index (χ0v) is 21.7. The first-order valence-corrected chi connectivity index (χ1v) is 12.6. The molecule has 2 heterocycles. The van der Waals surface area contributed by atoms with Gasteiger partial charge in [-0.15, -0.1) is 0 Å². The largest absolute Gasteiger partial charge is 0.480 e. The topological polar surface area (TPSA) is 259 Å². The SMILES string of the molecule is NC(N)=NCCCC(N)C(=O)NC(Cc1c[nH]c2ccccc12)C(=O)NC(Cc1cnc[nH]1)C(=O)NCC(=O)O. The fraction of sp³-hybridized carbons (Fsp3) is 0.360. The molecule has 0 aliphatic heterocycles. The number of amides is 3. The van der Waals surface area contributed by atoms with Gasteiger partial charge in [0, 0.05) is 48.4 Å². The third kappa shape index (κ3) is 8.83. The number of nitrogens with zero attached hydrogens (tertiary/aromatic N) is 2. The fourth-order valence-electron chi connectivity index (χ4n) is 4.04. The average molecular weight is 555 g/mol. The molecule has 1 aromatic carbocycles. The van der Waals surface area contributed by atoms with Crippen LogP contribution in [-0.4, -0.2) is 80.9 Å². The number of para-hydroxylation sites is 1. The van der Waals surface area contributed by atoms with Crippen molar-refractivity contribution in [1.82, 2.24) is 30.9 Å². The highest BCUT2D eigenvalue weighted by molar-refractivity contribution is 5.94. The van der Waals surface area contributed by atoms with Gasteiger partial charge in [0.15, 0.2) is 5.96 Å². The van der Waals surface area contributed by atoms with Gasteiger partial charge in [-0.25, -0.2) is 4.98 Å². The number of carbonyl (C=O) groups is 4. The van der Waals surface area contributed by atoms with E-state index in [-0.39, 0.29) is 25.2 Å². The van der Waals surface area contributed by atoms with Crippen LogP contribution in [0.5, 0.6) is 0 Å². The Balaban J connectivity index is 1.79. The lowest BCUT2D eigenvalue weighted by atomic mass is 10.0. The van der Waals surface area contributed by atoms with Crippen LogP contribution >= 0.6 is 0 Å². The molecule has 40 heavy (non-hydrogen) atoms. The van der Waals surface area contributed by atoms with Crippen molar-refractivity contribution in [1.29, 1.82) is 0 Å². The highest BCUT2D eigenvalue weighted by atomic mass is 16.4. The van der Waals surface area contributed by atoms with Gasteiger partial charge in [0.1, 0.15) is 18.6 Å². The first-order valence-electron chi connectivity index (χ1n) is 12.6. The Morgan fingerprint density at radius 2 is 1.73 bits per heavy atom. The number of H-pyrrole nitrogens is 2. The fourth-order valence-corrected chi connectivity index (χ4v) is 4.04. The molecule has 0 spiro atoms. The van der Waals surface area contributed by atoms with Crippen LogP contribution in [0.15, 0.2) is 48.0 Å². The van der Waals surface area contributed by atoms with Crippen LogP contribution in [-0.2, 0) is 32.0 Å². The summed E-state index contributed by atoms with van der Waals surface area (Å²) < 4.78 is 0. The number of hydrogen-bond donors (Lipinski definition) is 9. The maximum Gasteiger partial charge on any atom is 0.322 e. The second-order valence-electron chi connectivity index (χ2n) is 9.13. The van der Waals surface area contributed by atoms with E-state index >= 15 is 0 Å². The molecule has 0 fully saturated rings. The van der Waals surface area contributed by atoms with E-state index in [1.165, 1.54) is 12.5 Å². The van der Waals surface area contributed by atoms with E-state index in [2.05, 4.69) is 35.9 Å². The summed E-state index contributed by atoms with van der Waals surface area (Å²) in [5.41, 5.74) is 18.8. The number of benzene rings is 1. The van der Waals surface area contributed by atoms with Crippen LogP contribution in [0.3, 0.4) is 0 Å². The van der Waals surface area contributed by atoms with E-state index < -0.39 is 48.4 Å². The number of fused-ring (bicyclic) bond motifs is 1. The van der Waals surface area contributed by atoms with Gasteiger partial charge in [0.2, 0.25) is 17.7 Å². The number of guanidine groups is 1. The number of nitrogens with two attached hydrogens (primary N) is 3. The summed E-state index contributed by atoms with van der Waals surface area (Å²) in [6.45, 7) is -0.332. The van der Waals surface area contributed by atoms with Crippen molar-refractivity contribution in [2.75, 3.05) is 13.1 Å². The number of carboxylic acid groups (broad SMARTS) is 1. The van der Waals surface area contributed by atoms with Crippen molar-refractivity contribution in [2.45, 2.75) is 43.8 Å². The summed E-state index contributed by atoms with van der Waals surface area (Å²) in [6.07, 6.45) is 5.46. The molecule has 0 radical (unpaired) electrons. The molecule has 0 saturated heterocycles. The van der Waals surface area contributed by atoms with E-state index in [4.69, 9.17) is 22.3 Å². The number of aromatic nitrogens is 3. The summed E-state index contributed by atoms with van der Waals surface area (Å²) in [4.78, 5) is 64.0. The predicted octanol–water partition coefficient (Wildman–Crippen LogP) is -1.77. The standard InChI is InChI=1S/C25H34N10O5/c26-17(5-3-7-30-25(27)28)22(38)34-19(8-14-10-31-18-6-2-1-4-16(14)18)24(40)35-20(9-15-11-29-13-33-15)23(39)32-12-21(36)37/h1-2,4,6,10-11,13,17,19-20,31H,3,5,7-9,12,26H2,(H,29,33)(H,32,39)(H,34,38)(H,35,40)(H,36,37)(H4,27,28,30). The van der Waals surface area contributed by atoms with Crippen molar-refractivity contribution in [3.8, 4) is 0 Å². The molecule has 3 unspecified atom stereocenters. The maximum absolute atomic E-state index is 13.5. The normalized spacial score (nSPS) is 13.1. The molecule has 3 rings (SSSR count). The Kier molecular flexibility index (Phi) is 10.6. The number of hydrogen-bond acceptors (Lipinski definition) is 7. The molecule has 3 aromatic rings. The molecule has 15 heteroatoms.